The quantitative estimate of drug-likeness (QED) is 0.242. The number of benzene rings is 3. The molecule has 44 heavy (non-hydrogen) atoms. The number of aromatic nitrogens is 1. The Morgan fingerprint density at radius 1 is 1.09 bits per heavy atom. The Balaban J connectivity index is 1.59. The highest BCUT2D eigenvalue weighted by Gasteiger charge is 2.35. The molecule has 9 nitrogen and oxygen atoms in total. The maximum atomic E-state index is 14.0. The summed E-state index contributed by atoms with van der Waals surface area (Å²) in [6.07, 6.45) is 1.74. The fourth-order valence-corrected chi connectivity index (χ4v) is 6.20. The van der Waals surface area contributed by atoms with Crippen molar-refractivity contribution in [2.24, 2.45) is 4.99 Å². The van der Waals surface area contributed by atoms with Crippen molar-refractivity contribution in [2.45, 2.75) is 26.5 Å². The number of carbonyl (C=O) groups excluding carboxylic acids is 1. The van der Waals surface area contributed by atoms with Crippen LogP contribution in [0, 0.1) is 11.3 Å². The van der Waals surface area contributed by atoms with Gasteiger partial charge in [0.1, 0.15) is 18.4 Å². The summed E-state index contributed by atoms with van der Waals surface area (Å²) >= 11 is 7.56. The van der Waals surface area contributed by atoms with Gasteiger partial charge in [0.25, 0.3) is 5.56 Å². The van der Waals surface area contributed by atoms with E-state index in [2.05, 4.69) is 11.1 Å². The van der Waals surface area contributed by atoms with Gasteiger partial charge in [0.05, 0.1) is 48.3 Å². The van der Waals surface area contributed by atoms with Crippen LogP contribution >= 0.6 is 22.9 Å². The summed E-state index contributed by atoms with van der Waals surface area (Å²) in [6, 6.07) is 18.9. The average molecular weight is 630 g/mol. The third-order valence-corrected chi connectivity index (χ3v) is 8.22. The molecule has 1 aliphatic heterocycles. The van der Waals surface area contributed by atoms with Gasteiger partial charge in [-0.25, -0.2) is 9.79 Å². The third kappa shape index (κ3) is 5.97. The zero-order valence-corrected chi connectivity index (χ0v) is 26.0. The molecule has 0 saturated heterocycles. The number of carbonyl (C=O) groups is 1. The minimum atomic E-state index is -0.874. The maximum absolute atomic E-state index is 14.0. The topological polar surface area (TPSA) is 112 Å². The molecule has 11 heteroatoms. The molecule has 5 rings (SSSR count). The van der Waals surface area contributed by atoms with Crippen molar-refractivity contribution < 1.29 is 23.7 Å². The molecule has 1 aromatic heterocycles. The van der Waals surface area contributed by atoms with Crippen LogP contribution in [-0.2, 0) is 16.1 Å². The summed E-state index contributed by atoms with van der Waals surface area (Å²) in [7, 11) is 2.79. The van der Waals surface area contributed by atoms with Crippen LogP contribution < -0.4 is 29.1 Å². The van der Waals surface area contributed by atoms with E-state index in [1.54, 1.807) is 55.5 Å². The molecule has 0 radical (unpaired) electrons. The second-order valence-electron chi connectivity index (χ2n) is 9.66. The molecule has 0 spiro atoms. The molecule has 1 aliphatic rings. The molecule has 0 fully saturated rings. The highest BCUT2D eigenvalue weighted by atomic mass is 35.5. The van der Waals surface area contributed by atoms with E-state index in [1.807, 2.05) is 25.1 Å². The summed E-state index contributed by atoms with van der Waals surface area (Å²) in [5.41, 5.74) is 2.82. The molecule has 0 unspecified atom stereocenters. The van der Waals surface area contributed by atoms with Crippen LogP contribution in [0.25, 0.3) is 6.08 Å². The lowest BCUT2D eigenvalue weighted by molar-refractivity contribution is -0.136. The van der Waals surface area contributed by atoms with Crippen LogP contribution in [0.3, 0.4) is 0 Å². The van der Waals surface area contributed by atoms with Crippen molar-refractivity contribution in [3.63, 3.8) is 0 Å². The van der Waals surface area contributed by atoms with Gasteiger partial charge in [-0.3, -0.25) is 9.36 Å². The van der Waals surface area contributed by atoms with Crippen molar-refractivity contribution in [2.75, 3.05) is 20.8 Å². The summed E-state index contributed by atoms with van der Waals surface area (Å²) in [5, 5.41) is 9.82. The van der Waals surface area contributed by atoms with E-state index in [0.717, 1.165) is 5.56 Å². The predicted molar refractivity (Wildman–Crippen MR) is 167 cm³/mol. The molecule has 3 aromatic carbocycles. The zero-order valence-electron chi connectivity index (χ0n) is 24.4. The average Bonchev–Trinajstić information content (AvgIpc) is 3.33. The third-order valence-electron chi connectivity index (χ3n) is 7.00. The number of thiazole rings is 1. The molecule has 0 N–H and O–H groups in total. The lowest BCUT2D eigenvalue weighted by Gasteiger charge is -2.25. The molecule has 0 amide bonds. The number of hydrogen-bond donors (Lipinski definition) is 0. The number of esters is 1. The van der Waals surface area contributed by atoms with E-state index in [0.29, 0.717) is 60.6 Å². The highest BCUT2D eigenvalue weighted by Crippen LogP contribution is 2.37. The second-order valence-corrected chi connectivity index (χ2v) is 11.1. The normalized spacial score (nSPS) is 14.4. The van der Waals surface area contributed by atoms with Gasteiger partial charge in [-0.15, -0.1) is 0 Å². The standard InChI is InChI=1S/C33H28ClN3O6S/c1-5-42-27-14-20(10-12-26(27)43-18-22-9-7-6-8-21(22)17-35)15-28-31(38)37-30(24-16-23(34)11-13-25(24)40-3)29(32(39)41-4)19(2)36-33(37)44-28/h6-16,30H,5,18H2,1-4H3/b28-15-/t30-/m1/s1. The first-order chi connectivity index (χ1) is 21.3. The van der Waals surface area contributed by atoms with Crippen LogP contribution in [-0.4, -0.2) is 31.4 Å². The largest absolute Gasteiger partial charge is 0.496 e. The molecular formula is C33H28ClN3O6S. The smallest absolute Gasteiger partial charge is 0.338 e. The monoisotopic (exact) mass is 629 g/mol. The molecule has 4 aromatic rings. The maximum Gasteiger partial charge on any atom is 0.338 e. The molecule has 224 valence electrons. The van der Waals surface area contributed by atoms with Gasteiger partial charge in [-0.05, 0) is 61.9 Å². The Morgan fingerprint density at radius 3 is 2.59 bits per heavy atom. The van der Waals surface area contributed by atoms with Crippen molar-refractivity contribution in [3.05, 3.63) is 119 Å². The minimum Gasteiger partial charge on any atom is -0.496 e. The van der Waals surface area contributed by atoms with Crippen molar-refractivity contribution in [1.29, 1.82) is 5.26 Å². The van der Waals surface area contributed by atoms with Gasteiger partial charge < -0.3 is 18.9 Å². The van der Waals surface area contributed by atoms with Crippen LogP contribution in [0.1, 0.15) is 42.1 Å². The Bertz CT molecular complexity index is 2010. The number of fused-ring (bicyclic) bond motifs is 1. The number of halogens is 1. The second kappa shape index (κ2) is 13.2. The first-order valence-electron chi connectivity index (χ1n) is 13.6. The Hall–Kier alpha value is -4.85. The first kappa shape index (κ1) is 30.6. The number of allylic oxidation sites excluding steroid dienone is 1. The molecule has 0 bridgehead atoms. The molecular weight excluding hydrogens is 602 g/mol. The van der Waals surface area contributed by atoms with Gasteiger partial charge in [0.15, 0.2) is 16.3 Å². The van der Waals surface area contributed by atoms with E-state index in [9.17, 15) is 14.9 Å². The fraction of sp³-hybridized carbons (Fsp3) is 0.212. The number of rotatable bonds is 9. The van der Waals surface area contributed by atoms with Crippen LogP contribution in [0.15, 0.2) is 81.7 Å². The van der Waals surface area contributed by atoms with Gasteiger partial charge in [0.2, 0.25) is 0 Å². The van der Waals surface area contributed by atoms with Crippen molar-refractivity contribution in [3.8, 4) is 23.3 Å². The number of ether oxygens (including phenoxy) is 4. The Morgan fingerprint density at radius 2 is 1.86 bits per heavy atom. The lowest BCUT2D eigenvalue weighted by Crippen LogP contribution is -2.40. The Kier molecular flexibility index (Phi) is 9.18. The molecule has 0 saturated carbocycles. The van der Waals surface area contributed by atoms with Crippen LogP contribution in [0.4, 0.5) is 0 Å². The lowest BCUT2D eigenvalue weighted by atomic mass is 9.95. The minimum absolute atomic E-state index is 0.191. The predicted octanol–water partition coefficient (Wildman–Crippen LogP) is 4.92. The summed E-state index contributed by atoms with van der Waals surface area (Å²) < 4.78 is 24.4. The fourth-order valence-electron chi connectivity index (χ4n) is 4.97. The van der Waals surface area contributed by atoms with Gasteiger partial charge in [0, 0.05) is 16.1 Å². The summed E-state index contributed by atoms with van der Waals surface area (Å²) in [4.78, 5) is 32.0. The van der Waals surface area contributed by atoms with Gasteiger partial charge in [-0.2, -0.15) is 5.26 Å². The van der Waals surface area contributed by atoms with E-state index in [-0.39, 0.29) is 17.7 Å². The Labute approximate surface area is 262 Å². The zero-order chi connectivity index (χ0) is 31.4. The molecule has 1 atom stereocenters. The summed E-state index contributed by atoms with van der Waals surface area (Å²) in [6.45, 7) is 4.16. The highest BCUT2D eigenvalue weighted by molar-refractivity contribution is 7.07. The molecule has 0 aliphatic carbocycles. The number of methoxy groups -OCH3 is 2. The van der Waals surface area contributed by atoms with E-state index in [1.165, 1.54) is 30.1 Å². The van der Waals surface area contributed by atoms with Gasteiger partial charge >= 0.3 is 5.97 Å². The van der Waals surface area contributed by atoms with Crippen molar-refractivity contribution in [1.82, 2.24) is 4.57 Å². The SMILES string of the molecule is CCOc1cc(/C=c2\sc3n(c2=O)[C@H](c2cc(Cl)ccc2OC)C(C(=O)OC)=C(C)N=3)ccc1OCc1ccccc1C#N. The van der Waals surface area contributed by atoms with Crippen LogP contribution in [0.5, 0.6) is 17.2 Å². The van der Waals surface area contributed by atoms with E-state index >= 15 is 0 Å². The summed E-state index contributed by atoms with van der Waals surface area (Å²) in [5.74, 6) is 0.847. The number of nitriles is 1. The van der Waals surface area contributed by atoms with E-state index < -0.39 is 12.0 Å². The van der Waals surface area contributed by atoms with Gasteiger partial charge in [-0.1, -0.05) is 47.2 Å². The van der Waals surface area contributed by atoms with E-state index in [4.69, 9.17) is 30.5 Å². The van der Waals surface area contributed by atoms with Crippen LogP contribution in [0.2, 0.25) is 5.02 Å². The first-order valence-corrected chi connectivity index (χ1v) is 14.8. The number of hydrogen-bond acceptors (Lipinski definition) is 9. The van der Waals surface area contributed by atoms with Crippen molar-refractivity contribution >= 4 is 35.0 Å². The number of nitrogens with zero attached hydrogens (tertiary/aromatic N) is 3. The molecule has 2 heterocycles.